The molecule has 0 aliphatic carbocycles. The lowest BCUT2D eigenvalue weighted by atomic mass is 9.88. The number of rotatable bonds is 8. The van der Waals surface area contributed by atoms with Gasteiger partial charge in [0.2, 0.25) is 0 Å². The van der Waals surface area contributed by atoms with Gasteiger partial charge in [-0.25, -0.2) is 0 Å². The lowest BCUT2D eigenvalue weighted by molar-refractivity contribution is -0.141. The van der Waals surface area contributed by atoms with Crippen LogP contribution in [-0.4, -0.2) is 28.2 Å². The maximum Gasteiger partial charge on any atom is 0.167 e. The number of ketones is 1. The Labute approximate surface area is 108 Å². The zero-order valence-corrected chi connectivity index (χ0v) is 10.9. The third kappa shape index (κ3) is 4.24. The van der Waals surface area contributed by atoms with E-state index in [-0.39, 0.29) is 12.2 Å². The zero-order chi connectivity index (χ0) is 13.4. The summed E-state index contributed by atoms with van der Waals surface area (Å²) >= 11 is 0. The molecule has 3 heteroatoms. The number of aliphatic hydroxyl groups excluding tert-OH is 1. The second-order valence-electron chi connectivity index (χ2n) is 4.73. The Balaban J connectivity index is 2.64. The lowest BCUT2D eigenvalue weighted by Gasteiger charge is -2.24. The van der Waals surface area contributed by atoms with E-state index in [2.05, 4.69) is 6.92 Å². The van der Waals surface area contributed by atoms with Gasteiger partial charge in [-0.15, -0.1) is 0 Å². The van der Waals surface area contributed by atoms with Gasteiger partial charge in [-0.2, -0.15) is 0 Å². The van der Waals surface area contributed by atoms with Crippen molar-refractivity contribution in [1.29, 1.82) is 0 Å². The molecule has 2 N–H and O–H groups in total. The average Bonchev–Trinajstić information content (AvgIpc) is 2.40. The van der Waals surface area contributed by atoms with Gasteiger partial charge in [0.25, 0.3) is 0 Å². The Hall–Kier alpha value is -1.19. The van der Waals surface area contributed by atoms with Crippen LogP contribution in [0.3, 0.4) is 0 Å². The van der Waals surface area contributed by atoms with Crippen molar-refractivity contribution in [1.82, 2.24) is 0 Å². The number of carbonyl (C=O) groups is 1. The van der Waals surface area contributed by atoms with Gasteiger partial charge >= 0.3 is 0 Å². The van der Waals surface area contributed by atoms with E-state index in [0.29, 0.717) is 6.42 Å². The molecular weight excluding hydrogens is 228 g/mol. The van der Waals surface area contributed by atoms with Crippen LogP contribution in [0.15, 0.2) is 30.3 Å². The Morgan fingerprint density at radius 1 is 1.22 bits per heavy atom. The normalized spacial score (nSPS) is 14.2. The molecule has 1 atom stereocenters. The van der Waals surface area contributed by atoms with Crippen LogP contribution in [0.4, 0.5) is 0 Å². The summed E-state index contributed by atoms with van der Waals surface area (Å²) in [7, 11) is 0. The highest BCUT2D eigenvalue weighted by atomic mass is 16.3. The third-order valence-corrected chi connectivity index (χ3v) is 3.13. The predicted octanol–water partition coefficient (Wildman–Crippen LogP) is 2.10. The van der Waals surface area contributed by atoms with Gasteiger partial charge in [0.05, 0.1) is 6.61 Å². The molecule has 0 saturated carbocycles. The molecule has 0 aromatic heterocycles. The maximum atomic E-state index is 12.0. The van der Waals surface area contributed by atoms with Crippen LogP contribution in [0.25, 0.3) is 0 Å². The highest BCUT2D eigenvalue weighted by Crippen LogP contribution is 2.17. The van der Waals surface area contributed by atoms with E-state index in [0.717, 1.165) is 24.8 Å². The van der Waals surface area contributed by atoms with Gasteiger partial charge in [-0.1, -0.05) is 50.1 Å². The van der Waals surface area contributed by atoms with Crippen LogP contribution >= 0.6 is 0 Å². The molecule has 1 unspecified atom stereocenters. The Bertz CT molecular complexity index is 361. The summed E-state index contributed by atoms with van der Waals surface area (Å²) in [6, 6.07) is 9.29. The van der Waals surface area contributed by atoms with Crippen LogP contribution < -0.4 is 0 Å². The molecule has 100 valence electrons. The number of hydrogen-bond acceptors (Lipinski definition) is 3. The highest BCUT2D eigenvalue weighted by molar-refractivity contribution is 5.87. The van der Waals surface area contributed by atoms with Crippen LogP contribution in [0.5, 0.6) is 0 Å². The van der Waals surface area contributed by atoms with Crippen LogP contribution in [0, 0.1) is 0 Å². The third-order valence-electron chi connectivity index (χ3n) is 3.13. The van der Waals surface area contributed by atoms with Crippen molar-refractivity contribution in [2.24, 2.45) is 0 Å². The fourth-order valence-electron chi connectivity index (χ4n) is 1.94. The van der Waals surface area contributed by atoms with Gasteiger partial charge in [0, 0.05) is 12.8 Å². The minimum atomic E-state index is -1.63. The molecule has 18 heavy (non-hydrogen) atoms. The molecule has 0 bridgehead atoms. The number of aliphatic hydroxyl groups is 2. The smallest absolute Gasteiger partial charge is 0.167 e. The standard InChI is InChI=1S/C15H22O3/c1-2-3-5-10-14(17)15(18,12-16)11-13-8-6-4-7-9-13/h4,6-9,16,18H,2-3,5,10-12H2,1H3. The number of carbonyl (C=O) groups excluding carboxylic acids is 1. The summed E-state index contributed by atoms with van der Waals surface area (Å²) in [4.78, 5) is 12.0. The minimum Gasteiger partial charge on any atom is -0.393 e. The van der Waals surface area contributed by atoms with Crippen molar-refractivity contribution < 1.29 is 15.0 Å². The van der Waals surface area contributed by atoms with Crippen molar-refractivity contribution in [2.75, 3.05) is 6.61 Å². The number of Topliss-reactive ketones (excluding diaryl/α,β-unsaturated/α-hetero) is 1. The Morgan fingerprint density at radius 3 is 2.44 bits per heavy atom. The summed E-state index contributed by atoms with van der Waals surface area (Å²) < 4.78 is 0. The molecule has 3 nitrogen and oxygen atoms in total. The predicted molar refractivity (Wildman–Crippen MR) is 71.3 cm³/mol. The fourth-order valence-corrected chi connectivity index (χ4v) is 1.94. The molecule has 1 aromatic rings. The van der Waals surface area contributed by atoms with E-state index in [1.807, 2.05) is 30.3 Å². The molecule has 0 heterocycles. The lowest BCUT2D eigenvalue weighted by Crippen LogP contribution is -2.44. The molecule has 1 aromatic carbocycles. The Morgan fingerprint density at radius 2 is 1.89 bits per heavy atom. The zero-order valence-electron chi connectivity index (χ0n) is 10.9. The number of unbranched alkanes of at least 4 members (excludes halogenated alkanes) is 2. The summed E-state index contributed by atoms with van der Waals surface area (Å²) in [5, 5.41) is 19.5. The Kier molecular flexibility index (Phi) is 6.02. The largest absolute Gasteiger partial charge is 0.393 e. The van der Waals surface area contributed by atoms with Crippen LogP contribution in [0.1, 0.15) is 38.2 Å². The van der Waals surface area contributed by atoms with Crippen molar-refractivity contribution in [3.8, 4) is 0 Å². The number of benzene rings is 1. The average molecular weight is 250 g/mol. The van der Waals surface area contributed by atoms with Crippen molar-refractivity contribution in [2.45, 2.75) is 44.6 Å². The minimum absolute atomic E-state index is 0.176. The summed E-state index contributed by atoms with van der Waals surface area (Å²) in [5.41, 5.74) is -0.771. The molecule has 0 fully saturated rings. The first kappa shape index (κ1) is 14.9. The van der Waals surface area contributed by atoms with Gasteiger partial charge in [0.1, 0.15) is 5.60 Å². The SMILES string of the molecule is CCCCCC(=O)C(O)(CO)Cc1ccccc1. The van der Waals surface area contributed by atoms with E-state index < -0.39 is 12.2 Å². The second-order valence-corrected chi connectivity index (χ2v) is 4.73. The van der Waals surface area contributed by atoms with Crippen LogP contribution in [-0.2, 0) is 11.2 Å². The molecule has 0 aliphatic rings. The molecule has 0 amide bonds. The molecule has 0 saturated heterocycles. The van der Waals surface area contributed by atoms with E-state index in [9.17, 15) is 15.0 Å². The first-order valence-corrected chi connectivity index (χ1v) is 6.53. The first-order valence-electron chi connectivity index (χ1n) is 6.53. The molecule has 0 aliphatic heterocycles. The van der Waals surface area contributed by atoms with E-state index in [1.54, 1.807) is 0 Å². The van der Waals surface area contributed by atoms with E-state index >= 15 is 0 Å². The van der Waals surface area contributed by atoms with Gasteiger partial charge in [-0.3, -0.25) is 4.79 Å². The van der Waals surface area contributed by atoms with Crippen molar-refractivity contribution in [3.63, 3.8) is 0 Å². The highest BCUT2D eigenvalue weighted by Gasteiger charge is 2.34. The maximum absolute atomic E-state index is 12.0. The quantitative estimate of drug-likeness (QED) is 0.695. The summed E-state index contributed by atoms with van der Waals surface area (Å²) in [6.07, 6.45) is 3.28. The first-order chi connectivity index (χ1) is 8.62. The van der Waals surface area contributed by atoms with Gasteiger partial charge < -0.3 is 10.2 Å². The fraction of sp³-hybridized carbons (Fsp3) is 0.533. The monoisotopic (exact) mass is 250 g/mol. The van der Waals surface area contributed by atoms with E-state index in [1.165, 1.54) is 0 Å². The molecule has 1 rings (SSSR count). The topological polar surface area (TPSA) is 57.5 Å². The number of hydrogen-bond donors (Lipinski definition) is 2. The van der Waals surface area contributed by atoms with Crippen molar-refractivity contribution >= 4 is 5.78 Å². The molecular formula is C15H22O3. The van der Waals surface area contributed by atoms with E-state index in [4.69, 9.17) is 0 Å². The molecule has 0 radical (unpaired) electrons. The van der Waals surface area contributed by atoms with Gasteiger partial charge in [-0.05, 0) is 12.0 Å². The summed E-state index contributed by atoms with van der Waals surface area (Å²) in [5.74, 6) is -0.262. The second kappa shape index (κ2) is 7.29. The van der Waals surface area contributed by atoms with Crippen molar-refractivity contribution in [3.05, 3.63) is 35.9 Å². The molecule has 0 spiro atoms. The van der Waals surface area contributed by atoms with Gasteiger partial charge in [0.15, 0.2) is 5.78 Å². The van der Waals surface area contributed by atoms with Crippen LogP contribution in [0.2, 0.25) is 0 Å². The summed E-state index contributed by atoms with van der Waals surface area (Å²) in [6.45, 7) is 1.54.